The molecular formula is C25H39NaO5S. The Kier molecular flexibility index (Phi) is 10.1. The molecule has 5 nitrogen and oxygen atoms in total. The van der Waals surface area contributed by atoms with Gasteiger partial charge in [-0.2, -0.15) is 0 Å². The second-order valence-electron chi connectivity index (χ2n) is 10.8. The molecule has 0 aliphatic heterocycles. The fourth-order valence-electron chi connectivity index (χ4n) is 5.95. The van der Waals surface area contributed by atoms with Crippen molar-refractivity contribution < 1.29 is 51.1 Å². The van der Waals surface area contributed by atoms with Gasteiger partial charge in [-0.25, -0.2) is 8.42 Å². The van der Waals surface area contributed by atoms with Gasteiger partial charge in [0.1, 0.15) is 0 Å². The molecule has 1 aromatic rings. The van der Waals surface area contributed by atoms with Crippen LogP contribution in [-0.4, -0.2) is 19.6 Å². The molecule has 1 aromatic heterocycles. The van der Waals surface area contributed by atoms with Crippen molar-refractivity contribution in [1.29, 1.82) is 0 Å². The van der Waals surface area contributed by atoms with Crippen molar-refractivity contribution in [1.82, 2.24) is 0 Å². The summed E-state index contributed by atoms with van der Waals surface area (Å²) in [6.07, 6.45) is 15.3. The minimum absolute atomic E-state index is 0. The Bertz CT molecular complexity index is 846. The van der Waals surface area contributed by atoms with E-state index in [1.807, 2.05) is 6.07 Å². The van der Waals surface area contributed by atoms with Gasteiger partial charge in [-0.15, -0.1) is 0 Å². The summed E-state index contributed by atoms with van der Waals surface area (Å²) in [5.74, 6) is 1.29. The average Bonchev–Trinajstić information content (AvgIpc) is 3.19. The molecule has 1 fully saturated rings. The summed E-state index contributed by atoms with van der Waals surface area (Å²) in [5.41, 5.74) is 3.23. The monoisotopic (exact) mass is 474 g/mol. The van der Waals surface area contributed by atoms with Gasteiger partial charge >= 0.3 is 29.6 Å². The van der Waals surface area contributed by atoms with Crippen molar-refractivity contribution in [3.05, 3.63) is 35.8 Å². The van der Waals surface area contributed by atoms with E-state index < -0.39 is 10.4 Å². The fourth-order valence-corrected chi connectivity index (χ4v) is 6.31. The van der Waals surface area contributed by atoms with Crippen molar-refractivity contribution in [3.8, 4) is 0 Å². The number of aryl methyl sites for hydroxylation is 1. The molecule has 32 heavy (non-hydrogen) atoms. The number of furan rings is 1. The summed E-state index contributed by atoms with van der Waals surface area (Å²) in [7, 11) is -4.67. The second-order valence-corrected chi connectivity index (χ2v) is 11.8. The Morgan fingerprint density at radius 3 is 2.66 bits per heavy atom. The van der Waals surface area contributed by atoms with Crippen LogP contribution >= 0.6 is 0 Å². The molecule has 0 N–H and O–H groups in total. The third-order valence-electron chi connectivity index (χ3n) is 8.29. The molecule has 1 heterocycles. The normalized spacial score (nSPS) is 28.3. The van der Waals surface area contributed by atoms with Crippen molar-refractivity contribution in [2.24, 2.45) is 28.6 Å². The molecule has 0 radical (unpaired) electrons. The van der Waals surface area contributed by atoms with E-state index in [1.54, 1.807) is 18.1 Å². The first kappa shape index (κ1) is 28.1. The zero-order valence-electron chi connectivity index (χ0n) is 20.6. The van der Waals surface area contributed by atoms with Crippen molar-refractivity contribution >= 4 is 10.4 Å². The summed E-state index contributed by atoms with van der Waals surface area (Å²) in [5, 5.41) is 0. The van der Waals surface area contributed by atoms with Gasteiger partial charge in [-0.3, -0.25) is 4.18 Å². The molecule has 3 rings (SSSR count). The second kappa shape index (κ2) is 11.5. The largest absolute Gasteiger partial charge is 1.00 e. The Morgan fingerprint density at radius 1 is 1.25 bits per heavy atom. The standard InChI is InChI=1S/C25H40O5S.Na/c1-19-10-11-22-23(9-6-14-24(22,2)3)25(19,4)15-12-20(18-30-31(26,27)28)7-5-8-21-13-16-29-17-21;/h9,13,16-17,19-20,22H,5-8,10-12,14-15,18H2,1-4H3,(H,26,27,28);/q;+1/p-1/t19-,20?,22+,25+;/m1./s1. The van der Waals surface area contributed by atoms with Crippen LogP contribution < -0.4 is 29.6 Å². The minimum atomic E-state index is -4.67. The first-order valence-electron chi connectivity index (χ1n) is 11.8. The summed E-state index contributed by atoms with van der Waals surface area (Å²) in [6, 6.07) is 1.95. The molecule has 2 aliphatic carbocycles. The van der Waals surface area contributed by atoms with Crippen molar-refractivity contribution in [2.45, 2.75) is 85.5 Å². The molecule has 1 unspecified atom stereocenters. The summed E-state index contributed by atoms with van der Waals surface area (Å²) < 4.78 is 43.1. The number of hydrogen-bond donors (Lipinski definition) is 0. The Balaban J connectivity index is 0.00000363. The van der Waals surface area contributed by atoms with E-state index in [9.17, 15) is 13.0 Å². The van der Waals surface area contributed by atoms with Crippen LogP contribution in [0.3, 0.4) is 0 Å². The number of fused-ring (bicyclic) bond motifs is 1. The summed E-state index contributed by atoms with van der Waals surface area (Å²) in [4.78, 5) is 0. The smallest absolute Gasteiger partial charge is 0.726 e. The van der Waals surface area contributed by atoms with Crippen LogP contribution in [-0.2, 0) is 21.0 Å². The molecule has 176 valence electrons. The first-order chi connectivity index (χ1) is 14.5. The number of allylic oxidation sites excluding steroid dienone is 2. The summed E-state index contributed by atoms with van der Waals surface area (Å²) >= 11 is 0. The van der Waals surface area contributed by atoms with Gasteiger partial charge in [0.25, 0.3) is 0 Å². The zero-order valence-corrected chi connectivity index (χ0v) is 23.4. The van der Waals surface area contributed by atoms with Crippen LogP contribution in [0.15, 0.2) is 34.7 Å². The van der Waals surface area contributed by atoms with E-state index in [2.05, 4.69) is 33.8 Å². The SMILES string of the molecule is C[C@@H]1CC[C@H]2C(=CCCC2(C)C)[C@@]1(C)CCC(CCCc1ccoc1)COS(=O)(=O)[O-].[Na+]. The van der Waals surface area contributed by atoms with E-state index >= 15 is 0 Å². The first-order valence-corrected chi connectivity index (χ1v) is 13.2. The predicted molar refractivity (Wildman–Crippen MR) is 121 cm³/mol. The maximum absolute atomic E-state index is 11.1. The van der Waals surface area contributed by atoms with Crippen LogP contribution in [0.4, 0.5) is 0 Å². The molecule has 0 spiro atoms. The van der Waals surface area contributed by atoms with Gasteiger partial charge in [0.2, 0.25) is 10.4 Å². The molecule has 0 amide bonds. The quantitative estimate of drug-likeness (QED) is 0.225. The fraction of sp³-hybridized carbons (Fsp3) is 0.760. The zero-order chi connectivity index (χ0) is 22.7. The number of hydrogen-bond acceptors (Lipinski definition) is 5. The van der Waals surface area contributed by atoms with Crippen LogP contribution in [0.2, 0.25) is 0 Å². The molecule has 7 heteroatoms. The van der Waals surface area contributed by atoms with Gasteiger partial charge in [-0.1, -0.05) is 39.3 Å². The van der Waals surface area contributed by atoms with Crippen molar-refractivity contribution in [2.75, 3.05) is 6.61 Å². The molecule has 4 atom stereocenters. The Morgan fingerprint density at radius 2 is 2.00 bits per heavy atom. The van der Waals surface area contributed by atoms with Gasteiger partial charge in [-0.05, 0) is 98.0 Å². The van der Waals surface area contributed by atoms with E-state index in [1.165, 1.54) is 19.3 Å². The van der Waals surface area contributed by atoms with E-state index in [0.29, 0.717) is 17.3 Å². The molecule has 0 aromatic carbocycles. The van der Waals surface area contributed by atoms with Crippen LogP contribution in [0.25, 0.3) is 0 Å². The van der Waals surface area contributed by atoms with Gasteiger partial charge in [0.05, 0.1) is 19.1 Å². The molecule has 0 saturated heterocycles. The van der Waals surface area contributed by atoms with E-state index in [4.69, 9.17) is 8.60 Å². The Hall–Kier alpha value is -0.110. The molecule has 0 bridgehead atoms. The molecular weight excluding hydrogens is 435 g/mol. The topological polar surface area (TPSA) is 79.6 Å². The van der Waals surface area contributed by atoms with Crippen LogP contribution in [0.1, 0.15) is 84.6 Å². The van der Waals surface area contributed by atoms with Gasteiger partial charge < -0.3 is 8.97 Å². The molecule has 1 saturated carbocycles. The van der Waals surface area contributed by atoms with Crippen LogP contribution in [0, 0.1) is 28.6 Å². The Labute approximate surface area is 217 Å². The van der Waals surface area contributed by atoms with Gasteiger partial charge in [0, 0.05) is 0 Å². The van der Waals surface area contributed by atoms with E-state index in [0.717, 1.165) is 44.1 Å². The maximum Gasteiger partial charge on any atom is 1.00 e. The maximum atomic E-state index is 11.1. The number of rotatable bonds is 10. The third kappa shape index (κ3) is 7.19. The van der Waals surface area contributed by atoms with E-state index in [-0.39, 0.29) is 47.5 Å². The molecule has 2 aliphatic rings. The summed E-state index contributed by atoms with van der Waals surface area (Å²) in [6.45, 7) is 9.57. The third-order valence-corrected chi connectivity index (χ3v) is 8.71. The average molecular weight is 475 g/mol. The minimum Gasteiger partial charge on any atom is -0.726 e. The van der Waals surface area contributed by atoms with Gasteiger partial charge in [0.15, 0.2) is 0 Å². The predicted octanol–water partition coefficient (Wildman–Crippen LogP) is 3.28. The van der Waals surface area contributed by atoms with Crippen LogP contribution in [0.5, 0.6) is 0 Å². The van der Waals surface area contributed by atoms with Crippen molar-refractivity contribution in [3.63, 3.8) is 0 Å².